The van der Waals surface area contributed by atoms with Crippen LogP contribution in [0.5, 0.6) is 0 Å². The summed E-state index contributed by atoms with van der Waals surface area (Å²) in [5.74, 6) is -1.33. The standard InChI is InChI=1S/C31H33FN2O6/c1-6-31(38)21-11-24-18-9-16-10-22(32)15(2)17-7-8-23(33-25(35)14-40-30(3,4)5)27(26(16)17)19(18)12-34(24)28(36)20(21)13-39-29(31)37/h9-11,23,38H,6-8,12-14H2,1-5H3,(H,33,35)/t23-,31-/m0/s1. The summed E-state index contributed by atoms with van der Waals surface area (Å²) in [5, 5.41) is 15.9. The number of nitrogens with zero attached hydrogens (tertiary/aromatic N) is 1. The van der Waals surface area contributed by atoms with Gasteiger partial charge in [-0.1, -0.05) is 6.92 Å². The van der Waals surface area contributed by atoms with E-state index in [4.69, 9.17) is 9.47 Å². The summed E-state index contributed by atoms with van der Waals surface area (Å²) in [6.45, 7) is 9.04. The summed E-state index contributed by atoms with van der Waals surface area (Å²) in [5.41, 5.74) is 2.29. The van der Waals surface area contributed by atoms with Gasteiger partial charge in [0.2, 0.25) is 5.91 Å². The Labute approximate surface area is 231 Å². The Kier molecular flexibility index (Phi) is 5.98. The lowest BCUT2D eigenvalue weighted by Crippen LogP contribution is -2.44. The molecule has 0 fully saturated rings. The van der Waals surface area contributed by atoms with E-state index in [2.05, 4.69) is 5.32 Å². The molecule has 1 amide bonds. The number of nitrogens with one attached hydrogen (secondary N) is 1. The smallest absolute Gasteiger partial charge is 0.343 e. The molecule has 0 unspecified atom stereocenters. The fourth-order valence-corrected chi connectivity index (χ4v) is 6.42. The number of benzene rings is 2. The van der Waals surface area contributed by atoms with E-state index >= 15 is 4.39 Å². The number of pyridine rings is 1. The van der Waals surface area contributed by atoms with Gasteiger partial charge in [0, 0.05) is 11.1 Å². The number of esters is 1. The summed E-state index contributed by atoms with van der Waals surface area (Å²) >= 11 is 0. The lowest BCUT2D eigenvalue weighted by Gasteiger charge is -2.31. The Balaban J connectivity index is 1.55. The average Bonchev–Trinajstić information content (AvgIpc) is 3.27. The van der Waals surface area contributed by atoms with Crippen molar-refractivity contribution in [2.45, 2.75) is 84.3 Å². The van der Waals surface area contributed by atoms with E-state index in [0.717, 1.165) is 27.6 Å². The SMILES string of the molecule is CC[C@@]1(O)C(=O)OCc2c1cc1n(c2=O)Cc2c-1cc1cc(F)c(C)c3c1c2[C@@H](NC(=O)COC(C)(C)C)CC3. The molecule has 1 aromatic heterocycles. The number of hydrogen-bond donors (Lipinski definition) is 2. The molecule has 3 aliphatic rings. The number of carbonyl (C=O) groups is 2. The number of aliphatic hydroxyl groups is 1. The zero-order chi connectivity index (χ0) is 28.7. The Morgan fingerprint density at radius 3 is 2.67 bits per heavy atom. The number of amides is 1. The van der Waals surface area contributed by atoms with Gasteiger partial charge in [0.25, 0.3) is 5.56 Å². The van der Waals surface area contributed by atoms with Crippen LogP contribution in [-0.2, 0) is 44.2 Å². The molecule has 8 nitrogen and oxygen atoms in total. The number of rotatable bonds is 4. The fourth-order valence-electron chi connectivity index (χ4n) is 6.42. The second-order valence-electron chi connectivity index (χ2n) is 12.0. The number of ether oxygens (including phenoxy) is 2. The van der Waals surface area contributed by atoms with Gasteiger partial charge in [-0.25, -0.2) is 9.18 Å². The Bertz CT molecular complexity index is 1680. The molecule has 1 aliphatic carbocycles. The maximum absolute atomic E-state index is 15.1. The van der Waals surface area contributed by atoms with Crippen LogP contribution in [0.25, 0.3) is 22.0 Å². The van der Waals surface area contributed by atoms with E-state index in [-0.39, 0.29) is 60.6 Å². The van der Waals surface area contributed by atoms with E-state index in [0.29, 0.717) is 29.5 Å². The summed E-state index contributed by atoms with van der Waals surface area (Å²) in [4.78, 5) is 39.2. The zero-order valence-corrected chi connectivity index (χ0v) is 23.4. The molecule has 2 aromatic carbocycles. The van der Waals surface area contributed by atoms with E-state index < -0.39 is 17.2 Å². The van der Waals surface area contributed by atoms with E-state index in [9.17, 15) is 19.5 Å². The summed E-state index contributed by atoms with van der Waals surface area (Å²) in [6, 6.07) is 4.72. The van der Waals surface area contributed by atoms with Crippen molar-refractivity contribution in [1.29, 1.82) is 0 Å². The van der Waals surface area contributed by atoms with E-state index in [1.807, 2.05) is 26.8 Å². The van der Waals surface area contributed by atoms with Gasteiger partial charge in [0.05, 0.1) is 29.4 Å². The Hall–Kier alpha value is -3.56. The molecule has 2 aliphatic heterocycles. The number of carbonyl (C=O) groups excluding carboxylic acids is 2. The third kappa shape index (κ3) is 3.89. The second-order valence-corrected chi connectivity index (χ2v) is 12.0. The van der Waals surface area contributed by atoms with Gasteiger partial charge in [-0.15, -0.1) is 0 Å². The minimum absolute atomic E-state index is 0.0517. The minimum Gasteiger partial charge on any atom is -0.458 e. The van der Waals surface area contributed by atoms with E-state index in [1.54, 1.807) is 24.5 Å². The molecule has 0 saturated heterocycles. The molecule has 0 radical (unpaired) electrons. The van der Waals surface area contributed by atoms with Crippen LogP contribution in [0.4, 0.5) is 4.39 Å². The van der Waals surface area contributed by atoms with Gasteiger partial charge in [-0.2, -0.15) is 0 Å². The van der Waals surface area contributed by atoms with Crippen LogP contribution in [0.1, 0.15) is 80.0 Å². The first-order valence-corrected chi connectivity index (χ1v) is 13.7. The molecule has 0 spiro atoms. The molecule has 3 heterocycles. The van der Waals surface area contributed by atoms with Gasteiger partial charge >= 0.3 is 5.97 Å². The normalized spacial score (nSPS) is 21.1. The molecule has 0 saturated carbocycles. The lowest BCUT2D eigenvalue weighted by atomic mass is 9.79. The van der Waals surface area contributed by atoms with Gasteiger partial charge in [-0.3, -0.25) is 9.59 Å². The number of cyclic esters (lactones) is 1. The predicted octanol–water partition coefficient (Wildman–Crippen LogP) is 4.05. The summed E-state index contributed by atoms with van der Waals surface area (Å²) in [6.07, 6.45) is 1.22. The summed E-state index contributed by atoms with van der Waals surface area (Å²) in [7, 11) is 0. The van der Waals surface area contributed by atoms with Crippen LogP contribution in [0.3, 0.4) is 0 Å². The van der Waals surface area contributed by atoms with Crippen LogP contribution in [-0.4, -0.2) is 33.8 Å². The largest absolute Gasteiger partial charge is 0.458 e. The Morgan fingerprint density at radius 1 is 1.23 bits per heavy atom. The number of hydrogen-bond acceptors (Lipinski definition) is 6. The molecule has 40 heavy (non-hydrogen) atoms. The molecular formula is C31H33FN2O6. The molecule has 6 rings (SSSR count). The lowest BCUT2D eigenvalue weighted by molar-refractivity contribution is -0.172. The van der Waals surface area contributed by atoms with Crippen molar-refractivity contribution < 1.29 is 28.6 Å². The molecule has 0 bridgehead atoms. The maximum Gasteiger partial charge on any atom is 0.343 e. The number of fused-ring (bicyclic) bond motifs is 5. The van der Waals surface area contributed by atoms with Gasteiger partial charge in [0.1, 0.15) is 19.0 Å². The van der Waals surface area contributed by atoms with Crippen molar-refractivity contribution in [1.82, 2.24) is 9.88 Å². The first-order chi connectivity index (χ1) is 18.8. The highest BCUT2D eigenvalue weighted by molar-refractivity contribution is 5.98. The maximum atomic E-state index is 15.1. The highest BCUT2D eigenvalue weighted by Crippen LogP contribution is 2.47. The number of aryl methyl sites for hydroxylation is 1. The van der Waals surface area contributed by atoms with Crippen molar-refractivity contribution in [3.63, 3.8) is 0 Å². The monoisotopic (exact) mass is 548 g/mol. The van der Waals surface area contributed by atoms with Crippen LogP contribution >= 0.6 is 0 Å². The molecule has 2 atom stereocenters. The molecular weight excluding hydrogens is 515 g/mol. The third-order valence-electron chi connectivity index (χ3n) is 8.54. The minimum atomic E-state index is -1.92. The van der Waals surface area contributed by atoms with Crippen molar-refractivity contribution in [2.75, 3.05) is 6.61 Å². The third-order valence-corrected chi connectivity index (χ3v) is 8.54. The molecule has 9 heteroatoms. The zero-order valence-electron chi connectivity index (χ0n) is 23.4. The van der Waals surface area contributed by atoms with Crippen LogP contribution in [0.15, 0.2) is 23.0 Å². The van der Waals surface area contributed by atoms with Crippen LogP contribution in [0.2, 0.25) is 0 Å². The molecule has 3 aromatic rings. The average molecular weight is 549 g/mol. The molecule has 210 valence electrons. The Morgan fingerprint density at radius 2 is 1.98 bits per heavy atom. The molecule has 2 N–H and O–H groups in total. The topological polar surface area (TPSA) is 107 Å². The van der Waals surface area contributed by atoms with Crippen molar-refractivity contribution >= 4 is 22.6 Å². The highest BCUT2D eigenvalue weighted by atomic mass is 19.1. The van der Waals surface area contributed by atoms with E-state index in [1.165, 1.54) is 6.07 Å². The van der Waals surface area contributed by atoms with Crippen LogP contribution in [0, 0.1) is 12.7 Å². The summed E-state index contributed by atoms with van der Waals surface area (Å²) < 4.78 is 27.6. The van der Waals surface area contributed by atoms with Crippen molar-refractivity contribution in [2.24, 2.45) is 0 Å². The second kappa shape index (κ2) is 8.97. The first-order valence-electron chi connectivity index (χ1n) is 13.7. The first kappa shape index (κ1) is 26.7. The van der Waals surface area contributed by atoms with Gasteiger partial charge in [-0.05, 0) is 98.2 Å². The number of halogens is 1. The van der Waals surface area contributed by atoms with Gasteiger partial charge < -0.3 is 24.5 Å². The highest BCUT2D eigenvalue weighted by Gasteiger charge is 2.45. The predicted molar refractivity (Wildman–Crippen MR) is 146 cm³/mol. The number of aromatic nitrogens is 1. The van der Waals surface area contributed by atoms with Crippen molar-refractivity contribution in [3.05, 3.63) is 67.8 Å². The quantitative estimate of drug-likeness (QED) is 0.373. The van der Waals surface area contributed by atoms with Crippen LogP contribution < -0.4 is 10.9 Å². The van der Waals surface area contributed by atoms with Crippen molar-refractivity contribution in [3.8, 4) is 11.3 Å². The van der Waals surface area contributed by atoms with Gasteiger partial charge in [0.15, 0.2) is 5.60 Å². The fraction of sp³-hybridized carbons (Fsp3) is 0.452.